The summed E-state index contributed by atoms with van der Waals surface area (Å²) in [4.78, 5) is 12.9. The molecule has 22 heavy (non-hydrogen) atoms. The first kappa shape index (κ1) is 14.8. The number of benzene rings is 1. The lowest BCUT2D eigenvalue weighted by atomic mass is 10.1. The second-order valence-corrected chi connectivity index (χ2v) is 5.74. The van der Waals surface area contributed by atoms with Gasteiger partial charge >= 0.3 is 5.97 Å². The highest BCUT2D eigenvalue weighted by atomic mass is 16.4. The highest BCUT2D eigenvalue weighted by Crippen LogP contribution is 2.22. The fourth-order valence-electron chi connectivity index (χ4n) is 2.98. The van der Waals surface area contributed by atoms with Crippen LogP contribution in [0.1, 0.15) is 30.5 Å². The fourth-order valence-corrected chi connectivity index (χ4v) is 2.98. The van der Waals surface area contributed by atoms with Crippen LogP contribution in [-0.2, 0) is 17.8 Å². The quantitative estimate of drug-likeness (QED) is 0.833. The third-order valence-corrected chi connectivity index (χ3v) is 4.13. The summed E-state index contributed by atoms with van der Waals surface area (Å²) in [7, 11) is 0. The molecule has 5 heteroatoms. The van der Waals surface area contributed by atoms with Gasteiger partial charge in [0.1, 0.15) is 0 Å². The average molecular weight is 299 g/mol. The molecular formula is C17H21N3O2. The Balaban J connectivity index is 1.61. The Labute approximate surface area is 130 Å². The first-order valence-corrected chi connectivity index (χ1v) is 7.79. The Morgan fingerprint density at radius 3 is 2.82 bits per heavy atom. The van der Waals surface area contributed by atoms with Gasteiger partial charge in [0.05, 0.1) is 11.9 Å². The summed E-state index contributed by atoms with van der Waals surface area (Å²) in [6.45, 7) is 2.89. The molecule has 1 aromatic carbocycles. The number of carboxylic acid groups (broad SMARTS) is 1. The fraction of sp³-hybridized carbons (Fsp3) is 0.412. The molecule has 0 spiro atoms. The van der Waals surface area contributed by atoms with Crippen molar-refractivity contribution in [2.24, 2.45) is 0 Å². The van der Waals surface area contributed by atoms with Crippen LogP contribution in [0, 0.1) is 0 Å². The van der Waals surface area contributed by atoms with Crippen molar-refractivity contribution in [2.45, 2.75) is 32.2 Å². The van der Waals surface area contributed by atoms with Crippen molar-refractivity contribution in [1.29, 1.82) is 0 Å². The number of rotatable bonds is 6. The molecule has 0 fully saturated rings. The van der Waals surface area contributed by atoms with Crippen LogP contribution >= 0.6 is 0 Å². The minimum absolute atomic E-state index is 0.269. The third kappa shape index (κ3) is 3.36. The molecule has 2 aromatic rings. The minimum Gasteiger partial charge on any atom is -0.481 e. The SMILES string of the molecule is O=C(O)CCCCN1CCc2c(cnn2-c2ccccc2)C1. The molecule has 0 aliphatic carbocycles. The topological polar surface area (TPSA) is 58.4 Å². The molecule has 0 amide bonds. The zero-order valence-corrected chi connectivity index (χ0v) is 12.6. The van der Waals surface area contributed by atoms with Crippen LogP contribution in [0.4, 0.5) is 0 Å². The summed E-state index contributed by atoms with van der Waals surface area (Å²) in [5.74, 6) is -0.704. The van der Waals surface area contributed by atoms with Gasteiger partial charge in [-0.25, -0.2) is 4.68 Å². The number of aromatic nitrogens is 2. The molecule has 2 heterocycles. The van der Waals surface area contributed by atoms with Gasteiger partial charge in [0.2, 0.25) is 0 Å². The van der Waals surface area contributed by atoms with Gasteiger partial charge in [-0.2, -0.15) is 5.10 Å². The van der Waals surface area contributed by atoms with Crippen LogP contribution in [0.5, 0.6) is 0 Å². The predicted octanol–water partition coefficient (Wildman–Crippen LogP) is 2.49. The van der Waals surface area contributed by atoms with Crippen molar-refractivity contribution in [3.63, 3.8) is 0 Å². The molecule has 0 radical (unpaired) electrons. The van der Waals surface area contributed by atoms with Gasteiger partial charge in [-0.05, 0) is 31.5 Å². The van der Waals surface area contributed by atoms with E-state index in [1.807, 2.05) is 29.1 Å². The summed E-state index contributed by atoms with van der Waals surface area (Å²) in [6, 6.07) is 10.2. The van der Waals surface area contributed by atoms with E-state index < -0.39 is 5.97 Å². The van der Waals surface area contributed by atoms with Gasteiger partial charge in [0.15, 0.2) is 0 Å². The lowest BCUT2D eigenvalue weighted by molar-refractivity contribution is -0.137. The standard InChI is InChI=1S/C17H21N3O2/c21-17(22)8-4-5-10-19-11-9-16-14(13-19)12-18-20(16)15-6-2-1-3-7-15/h1-3,6-7,12H,4-5,8-11,13H2,(H,21,22). The molecule has 1 aromatic heterocycles. The van der Waals surface area contributed by atoms with Crippen LogP contribution in [0.3, 0.4) is 0 Å². The van der Waals surface area contributed by atoms with Gasteiger partial charge in [-0.15, -0.1) is 0 Å². The highest BCUT2D eigenvalue weighted by Gasteiger charge is 2.20. The van der Waals surface area contributed by atoms with Crippen molar-refractivity contribution in [2.75, 3.05) is 13.1 Å². The summed E-state index contributed by atoms with van der Waals surface area (Å²) in [5, 5.41) is 13.2. The van der Waals surface area contributed by atoms with E-state index in [1.54, 1.807) is 0 Å². The van der Waals surface area contributed by atoms with Crippen LogP contribution in [-0.4, -0.2) is 38.8 Å². The summed E-state index contributed by atoms with van der Waals surface area (Å²) >= 11 is 0. The van der Waals surface area contributed by atoms with Gasteiger partial charge < -0.3 is 5.11 Å². The minimum atomic E-state index is -0.704. The normalized spacial score (nSPS) is 14.7. The first-order chi connectivity index (χ1) is 10.7. The summed E-state index contributed by atoms with van der Waals surface area (Å²) < 4.78 is 2.04. The summed E-state index contributed by atoms with van der Waals surface area (Å²) in [6.07, 6.45) is 4.91. The summed E-state index contributed by atoms with van der Waals surface area (Å²) in [5.41, 5.74) is 3.69. The van der Waals surface area contributed by atoms with Crippen LogP contribution < -0.4 is 0 Å². The number of nitrogens with zero attached hydrogens (tertiary/aromatic N) is 3. The van der Waals surface area contributed by atoms with Crippen molar-refractivity contribution < 1.29 is 9.90 Å². The molecule has 0 unspecified atom stereocenters. The molecule has 0 bridgehead atoms. The van der Waals surface area contributed by atoms with Gasteiger partial charge in [0.25, 0.3) is 0 Å². The lowest BCUT2D eigenvalue weighted by Crippen LogP contribution is -2.31. The Kier molecular flexibility index (Phi) is 4.53. The Bertz CT molecular complexity index is 637. The monoisotopic (exact) mass is 299 g/mol. The number of hydrogen-bond acceptors (Lipinski definition) is 3. The van der Waals surface area contributed by atoms with E-state index in [0.29, 0.717) is 0 Å². The second kappa shape index (κ2) is 6.75. The van der Waals surface area contributed by atoms with E-state index in [0.717, 1.165) is 44.6 Å². The highest BCUT2D eigenvalue weighted by molar-refractivity contribution is 5.66. The van der Waals surface area contributed by atoms with E-state index in [4.69, 9.17) is 5.11 Å². The number of unbranched alkanes of at least 4 members (excludes halogenated alkanes) is 1. The number of carbonyl (C=O) groups is 1. The van der Waals surface area contributed by atoms with E-state index in [9.17, 15) is 4.79 Å². The number of para-hydroxylation sites is 1. The van der Waals surface area contributed by atoms with E-state index in [1.165, 1.54) is 11.3 Å². The maximum atomic E-state index is 10.5. The lowest BCUT2D eigenvalue weighted by Gasteiger charge is -2.27. The van der Waals surface area contributed by atoms with E-state index >= 15 is 0 Å². The van der Waals surface area contributed by atoms with Gasteiger partial charge in [-0.1, -0.05) is 18.2 Å². The zero-order chi connectivity index (χ0) is 15.4. The zero-order valence-electron chi connectivity index (χ0n) is 12.6. The van der Waals surface area contributed by atoms with Crippen LogP contribution in [0.2, 0.25) is 0 Å². The number of carboxylic acids is 1. The molecule has 1 N–H and O–H groups in total. The largest absolute Gasteiger partial charge is 0.481 e. The number of hydrogen-bond donors (Lipinski definition) is 1. The van der Waals surface area contributed by atoms with E-state index in [2.05, 4.69) is 22.1 Å². The first-order valence-electron chi connectivity index (χ1n) is 7.79. The molecule has 1 aliphatic heterocycles. The maximum absolute atomic E-state index is 10.5. The molecule has 3 rings (SSSR count). The van der Waals surface area contributed by atoms with Gasteiger partial charge in [0, 0.05) is 37.2 Å². The Morgan fingerprint density at radius 1 is 1.23 bits per heavy atom. The number of fused-ring (bicyclic) bond motifs is 1. The number of aliphatic carboxylic acids is 1. The van der Waals surface area contributed by atoms with E-state index in [-0.39, 0.29) is 6.42 Å². The van der Waals surface area contributed by atoms with Crippen LogP contribution in [0.15, 0.2) is 36.5 Å². The molecule has 0 atom stereocenters. The molecule has 5 nitrogen and oxygen atoms in total. The van der Waals surface area contributed by atoms with Crippen molar-refractivity contribution in [3.05, 3.63) is 47.8 Å². The van der Waals surface area contributed by atoms with Crippen molar-refractivity contribution in [1.82, 2.24) is 14.7 Å². The molecule has 0 saturated carbocycles. The maximum Gasteiger partial charge on any atom is 0.303 e. The third-order valence-electron chi connectivity index (χ3n) is 4.13. The molecule has 0 saturated heterocycles. The van der Waals surface area contributed by atoms with Crippen LogP contribution in [0.25, 0.3) is 5.69 Å². The Morgan fingerprint density at radius 2 is 2.05 bits per heavy atom. The average Bonchev–Trinajstić information content (AvgIpc) is 2.95. The van der Waals surface area contributed by atoms with Crippen molar-refractivity contribution >= 4 is 5.97 Å². The predicted molar refractivity (Wildman–Crippen MR) is 84.0 cm³/mol. The Hall–Kier alpha value is -2.14. The molecule has 116 valence electrons. The van der Waals surface area contributed by atoms with Gasteiger partial charge in [-0.3, -0.25) is 9.69 Å². The van der Waals surface area contributed by atoms with Crippen molar-refractivity contribution in [3.8, 4) is 5.69 Å². The second-order valence-electron chi connectivity index (χ2n) is 5.74. The smallest absolute Gasteiger partial charge is 0.303 e. The molecular weight excluding hydrogens is 278 g/mol. The molecule has 1 aliphatic rings.